The lowest BCUT2D eigenvalue weighted by atomic mass is 10.2. The molecule has 122 valence electrons. The molecular weight excluding hydrogens is 302 g/mol. The third-order valence-corrected chi connectivity index (χ3v) is 3.58. The minimum atomic E-state index is -0.236. The molecule has 3 aromatic rings. The van der Waals surface area contributed by atoms with Gasteiger partial charge in [0, 0.05) is 6.54 Å². The standard InChI is InChI=1S/C20H19NO3/c1-15-7-9-17(10-8-15)23-14-18-11-12-19(24-18)20(22)21-13-16-5-3-2-4-6-16/h2-12H,13-14H2,1H3,(H,21,22). The summed E-state index contributed by atoms with van der Waals surface area (Å²) in [5.74, 6) is 1.43. The highest BCUT2D eigenvalue weighted by Gasteiger charge is 2.11. The van der Waals surface area contributed by atoms with Crippen LogP contribution in [-0.4, -0.2) is 5.91 Å². The molecule has 0 aliphatic rings. The highest BCUT2D eigenvalue weighted by atomic mass is 16.5. The monoisotopic (exact) mass is 321 g/mol. The zero-order valence-corrected chi connectivity index (χ0v) is 13.5. The number of ether oxygens (including phenoxy) is 1. The van der Waals surface area contributed by atoms with Crippen molar-refractivity contribution in [1.82, 2.24) is 5.32 Å². The van der Waals surface area contributed by atoms with Crippen molar-refractivity contribution in [3.05, 3.63) is 89.4 Å². The van der Waals surface area contributed by atoms with E-state index < -0.39 is 0 Å². The van der Waals surface area contributed by atoms with Crippen LogP contribution in [0.1, 0.15) is 27.4 Å². The van der Waals surface area contributed by atoms with E-state index in [1.807, 2.05) is 61.5 Å². The van der Waals surface area contributed by atoms with Crippen LogP contribution in [-0.2, 0) is 13.2 Å². The van der Waals surface area contributed by atoms with Crippen molar-refractivity contribution in [2.75, 3.05) is 0 Å². The molecule has 0 saturated heterocycles. The molecule has 0 radical (unpaired) electrons. The van der Waals surface area contributed by atoms with Crippen molar-refractivity contribution in [1.29, 1.82) is 0 Å². The van der Waals surface area contributed by atoms with E-state index in [0.29, 0.717) is 12.3 Å². The summed E-state index contributed by atoms with van der Waals surface area (Å²) in [5, 5.41) is 2.84. The SMILES string of the molecule is Cc1ccc(OCc2ccc(C(=O)NCc3ccccc3)o2)cc1. The summed E-state index contributed by atoms with van der Waals surface area (Å²) in [6.07, 6.45) is 0. The third-order valence-electron chi connectivity index (χ3n) is 3.58. The minimum Gasteiger partial charge on any atom is -0.486 e. The van der Waals surface area contributed by atoms with Crippen LogP contribution in [0, 0.1) is 6.92 Å². The molecule has 0 unspecified atom stereocenters. The van der Waals surface area contributed by atoms with E-state index >= 15 is 0 Å². The molecule has 0 saturated carbocycles. The van der Waals surface area contributed by atoms with E-state index in [4.69, 9.17) is 9.15 Å². The molecule has 1 heterocycles. The lowest BCUT2D eigenvalue weighted by Gasteiger charge is -2.05. The Morgan fingerprint density at radius 1 is 1.00 bits per heavy atom. The van der Waals surface area contributed by atoms with Gasteiger partial charge in [-0.1, -0.05) is 48.0 Å². The first kappa shape index (κ1) is 15.9. The number of benzene rings is 2. The minimum absolute atomic E-state index is 0.236. The summed E-state index contributed by atoms with van der Waals surface area (Å²) in [7, 11) is 0. The molecule has 2 aromatic carbocycles. The number of carbonyl (C=O) groups is 1. The maximum atomic E-state index is 12.1. The van der Waals surface area contributed by atoms with E-state index in [1.54, 1.807) is 12.1 Å². The molecule has 0 aliphatic heterocycles. The van der Waals surface area contributed by atoms with E-state index in [1.165, 1.54) is 5.56 Å². The van der Waals surface area contributed by atoms with Gasteiger partial charge in [-0.25, -0.2) is 0 Å². The largest absolute Gasteiger partial charge is 0.486 e. The summed E-state index contributed by atoms with van der Waals surface area (Å²) in [6, 6.07) is 21.0. The van der Waals surface area contributed by atoms with Gasteiger partial charge in [-0.3, -0.25) is 4.79 Å². The fourth-order valence-corrected chi connectivity index (χ4v) is 2.23. The smallest absolute Gasteiger partial charge is 0.287 e. The van der Waals surface area contributed by atoms with Gasteiger partial charge in [0.2, 0.25) is 0 Å². The average Bonchev–Trinajstić information content (AvgIpc) is 3.09. The predicted molar refractivity (Wildman–Crippen MR) is 91.8 cm³/mol. The Labute approximate surface area is 141 Å². The maximum Gasteiger partial charge on any atom is 0.287 e. The van der Waals surface area contributed by atoms with E-state index in [2.05, 4.69) is 5.32 Å². The van der Waals surface area contributed by atoms with Crippen molar-refractivity contribution >= 4 is 5.91 Å². The second-order valence-electron chi connectivity index (χ2n) is 5.54. The van der Waals surface area contributed by atoms with Crippen molar-refractivity contribution < 1.29 is 13.9 Å². The van der Waals surface area contributed by atoms with Crippen LogP contribution < -0.4 is 10.1 Å². The molecule has 0 atom stereocenters. The second-order valence-corrected chi connectivity index (χ2v) is 5.54. The Hall–Kier alpha value is -3.01. The molecule has 4 heteroatoms. The molecule has 0 spiro atoms. The topological polar surface area (TPSA) is 51.5 Å². The molecule has 3 rings (SSSR count). The van der Waals surface area contributed by atoms with Gasteiger partial charge in [-0.05, 0) is 36.8 Å². The van der Waals surface area contributed by atoms with Gasteiger partial charge in [-0.15, -0.1) is 0 Å². The van der Waals surface area contributed by atoms with Crippen molar-refractivity contribution in [2.24, 2.45) is 0 Å². The molecule has 4 nitrogen and oxygen atoms in total. The lowest BCUT2D eigenvalue weighted by Crippen LogP contribution is -2.22. The van der Waals surface area contributed by atoms with Crippen LogP contribution in [0.4, 0.5) is 0 Å². The number of aryl methyl sites for hydroxylation is 1. The van der Waals surface area contributed by atoms with E-state index in [9.17, 15) is 4.79 Å². The lowest BCUT2D eigenvalue weighted by molar-refractivity contribution is 0.0919. The Morgan fingerprint density at radius 3 is 2.50 bits per heavy atom. The summed E-state index contributed by atoms with van der Waals surface area (Å²) >= 11 is 0. The van der Waals surface area contributed by atoms with Crippen molar-refractivity contribution in [2.45, 2.75) is 20.1 Å². The Bertz CT molecular complexity index is 791. The Morgan fingerprint density at radius 2 is 1.75 bits per heavy atom. The highest BCUT2D eigenvalue weighted by molar-refractivity contribution is 5.91. The van der Waals surface area contributed by atoms with Gasteiger partial charge in [0.05, 0.1) is 0 Å². The number of nitrogens with one attached hydrogen (secondary N) is 1. The number of hydrogen-bond donors (Lipinski definition) is 1. The predicted octanol–water partition coefficient (Wildman–Crippen LogP) is 4.10. The number of amides is 1. The molecule has 0 fully saturated rings. The number of carbonyl (C=O) groups excluding carboxylic acids is 1. The summed E-state index contributed by atoms with van der Waals surface area (Å²) < 4.78 is 11.2. The second kappa shape index (κ2) is 7.51. The molecule has 0 aliphatic carbocycles. The molecule has 24 heavy (non-hydrogen) atoms. The van der Waals surface area contributed by atoms with Crippen molar-refractivity contribution in [3.63, 3.8) is 0 Å². The van der Waals surface area contributed by atoms with Crippen LogP contribution >= 0.6 is 0 Å². The average molecular weight is 321 g/mol. The van der Waals surface area contributed by atoms with Crippen LogP contribution in [0.5, 0.6) is 5.75 Å². The zero-order valence-electron chi connectivity index (χ0n) is 13.5. The van der Waals surface area contributed by atoms with Crippen molar-refractivity contribution in [3.8, 4) is 5.75 Å². The van der Waals surface area contributed by atoms with Gasteiger partial charge >= 0.3 is 0 Å². The van der Waals surface area contributed by atoms with Crippen LogP contribution in [0.25, 0.3) is 0 Å². The zero-order chi connectivity index (χ0) is 16.8. The first-order chi connectivity index (χ1) is 11.7. The summed E-state index contributed by atoms with van der Waals surface area (Å²) in [4.78, 5) is 12.1. The van der Waals surface area contributed by atoms with Crippen LogP contribution in [0.2, 0.25) is 0 Å². The van der Waals surface area contributed by atoms with Crippen LogP contribution in [0.15, 0.2) is 71.1 Å². The molecule has 1 aromatic heterocycles. The third kappa shape index (κ3) is 4.26. The molecule has 0 bridgehead atoms. The Balaban J connectivity index is 1.52. The molecular formula is C20H19NO3. The van der Waals surface area contributed by atoms with Gasteiger partial charge in [0.1, 0.15) is 18.1 Å². The summed E-state index contributed by atoms with van der Waals surface area (Å²) in [5.41, 5.74) is 2.22. The van der Waals surface area contributed by atoms with E-state index in [-0.39, 0.29) is 18.3 Å². The van der Waals surface area contributed by atoms with E-state index in [0.717, 1.165) is 11.3 Å². The highest BCUT2D eigenvalue weighted by Crippen LogP contribution is 2.15. The first-order valence-corrected chi connectivity index (χ1v) is 7.81. The summed E-state index contributed by atoms with van der Waals surface area (Å²) in [6.45, 7) is 2.78. The quantitative estimate of drug-likeness (QED) is 0.744. The number of rotatable bonds is 6. The number of furan rings is 1. The van der Waals surface area contributed by atoms with Crippen LogP contribution in [0.3, 0.4) is 0 Å². The molecule has 1 amide bonds. The fourth-order valence-electron chi connectivity index (χ4n) is 2.23. The first-order valence-electron chi connectivity index (χ1n) is 7.81. The van der Waals surface area contributed by atoms with Gasteiger partial charge in [-0.2, -0.15) is 0 Å². The van der Waals surface area contributed by atoms with Gasteiger partial charge in [0.15, 0.2) is 5.76 Å². The normalized spacial score (nSPS) is 10.4. The Kier molecular flexibility index (Phi) is 4.96. The number of hydrogen-bond acceptors (Lipinski definition) is 3. The van der Waals surface area contributed by atoms with Gasteiger partial charge < -0.3 is 14.5 Å². The fraction of sp³-hybridized carbons (Fsp3) is 0.150. The van der Waals surface area contributed by atoms with Gasteiger partial charge in [0.25, 0.3) is 5.91 Å². The maximum absolute atomic E-state index is 12.1. The molecule has 1 N–H and O–H groups in total.